The van der Waals surface area contributed by atoms with Crippen molar-refractivity contribution in [2.75, 3.05) is 13.1 Å². The van der Waals surface area contributed by atoms with E-state index in [1.807, 2.05) is 20.8 Å². The van der Waals surface area contributed by atoms with Crippen LogP contribution in [0.25, 0.3) is 0 Å². The molecule has 0 radical (unpaired) electrons. The number of carbonyl (C=O) groups excluding carboxylic acids is 3. The number of carbonyl (C=O) groups is 4. The van der Waals surface area contributed by atoms with Gasteiger partial charge in [-0.15, -0.1) is 0 Å². The van der Waals surface area contributed by atoms with Gasteiger partial charge in [-0.1, -0.05) is 47.0 Å². The Balaban J connectivity index is 5.66. The van der Waals surface area contributed by atoms with Gasteiger partial charge in [0, 0.05) is 6.54 Å². The second-order valence-electron chi connectivity index (χ2n) is 9.48. The van der Waals surface area contributed by atoms with Gasteiger partial charge >= 0.3 is 5.97 Å². The van der Waals surface area contributed by atoms with E-state index in [1.54, 1.807) is 6.92 Å². The first kappa shape index (κ1) is 34.1. The number of carboxylic acid groups (broad SMARTS) is 1. The summed E-state index contributed by atoms with van der Waals surface area (Å²) in [4.78, 5) is 54.6. The average Bonchev–Trinajstić information content (AvgIpc) is 2.85. The molecule has 0 rings (SSSR count). The lowest BCUT2D eigenvalue weighted by Gasteiger charge is -2.28. The summed E-state index contributed by atoms with van der Waals surface area (Å²) in [5, 5.41) is 17.5. The number of nitrogens with zero attached hydrogens (tertiary/aromatic N) is 1. The zero-order chi connectivity index (χ0) is 28.5. The van der Waals surface area contributed by atoms with E-state index in [2.05, 4.69) is 20.9 Å². The number of nitrogens with two attached hydrogens (primary N) is 4. The van der Waals surface area contributed by atoms with Crippen molar-refractivity contribution in [3.63, 3.8) is 0 Å². The van der Waals surface area contributed by atoms with Gasteiger partial charge in [0.05, 0.1) is 6.04 Å². The van der Waals surface area contributed by atoms with Gasteiger partial charge in [0.15, 0.2) is 5.96 Å². The van der Waals surface area contributed by atoms with Gasteiger partial charge in [-0.3, -0.25) is 19.4 Å². The van der Waals surface area contributed by atoms with Crippen molar-refractivity contribution in [3.05, 3.63) is 0 Å². The van der Waals surface area contributed by atoms with E-state index < -0.39 is 47.9 Å². The molecule has 13 heteroatoms. The lowest BCUT2D eigenvalue weighted by atomic mass is 9.96. The van der Waals surface area contributed by atoms with E-state index in [1.165, 1.54) is 0 Å². The number of guanidine groups is 1. The number of aliphatic carboxylic acids is 1. The van der Waals surface area contributed by atoms with E-state index in [-0.39, 0.29) is 30.8 Å². The smallest absolute Gasteiger partial charge is 0.326 e. The molecule has 6 unspecified atom stereocenters. The highest BCUT2D eigenvalue weighted by atomic mass is 16.4. The Morgan fingerprint density at radius 2 is 1.38 bits per heavy atom. The first-order chi connectivity index (χ1) is 17.4. The Hall–Kier alpha value is -2.93. The fraction of sp³-hybridized carbons (Fsp3) is 0.792. The van der Waals surface area contributed by atoms with Gasteiger partial charge in [-0.2, -0.15) is 0 Å². The number of hydrogen-bond acceptors (Lipinski definition) is 7. The van der Waals surface area contributed by atoms with Crippen molar-refractivity contribution >= 4 is 29.7 Å². The highest BCUT2D eigenvalue weighted by Gasteiger charge is 2.33. The van der Waals surface area contributed by atoms with Crippen LogP contribution in [0.5, 0.6) is 0 Å². The second-order valence-corrected chi connectivity index (χ2v) is 9.48. The lowest BCUT2D eigenvalue weighted by molar-refractivity contribution is -0.144. The van der Waals surface area contributed by atoms with Gasteiger partial charge < -0.3 is 44.0 Å². The molecule has 0 bridgehead atoms. The molecule has 0 aromatic rings. The van der Waals surface area contributed by atoms with Crippen LogP contribution in [0, 0.1) is 11.8 Å². The minimum atomic E-state index is -1.17. The zero-order valence-corrected chi connectivity index (χ0v) is 22.7. The van der Waals surface area contributed by atoms with Gasteiger partial charge in [0.2, 0.25) is 17.7 Å². The third kappa shape index (κ3) is 13.3. The number of nitrogens with one attached hydrogen (secondary N) is 3. The Kier molecular flexibility index (Phi) is 16.9. The molecule has 0 saturated carbocycles. The minimum absolute atomic E-state index is 0.102. The molecule has 3 amide bonds. The fourth-order valence-electron chi connectivity index (χ4n) is 3.57. The van der Waals surface area contributed by atoms with E-state index in [0.717, 1.165) is 6.42 Å². The first-order valence-corrected chi connectivity index (χ1v) is 13.0. The maximum absolute atomic E-state index is 13.3. The van der Waals surface area contributed by atoms with Gasteiger partial charge in [-0.25, -0.2) is 4.79 Å². The predicted octanol–water partition coefficient (Wildman–Crippen LogP) is -0.872. The van der Waals surface area contributed by atoms with Crippen molar-refractivity contribution in [3.8, 4) is 0 Å². The Bertz CT molecular complexity index is 759. The summed E-state index contributed by atoms with van der Waals surface area (Å²) in [6, 6.07) is -3.91. The quantitative estimate of drug-likeness (QED) is 0.0589. The van der Waals surface area contributed by atoms with E-state index in [4.69, 9.17) is 22.9 Å². The molecule has 0 aliphatic heterocycles. The molecule has 0 aliphatic carbocycles. The molecule has 6 atom stereocenters. The Morgan fingerprint density at radius 3 is 1.89 bits per heavy atom. The lowest BCUT2D eigenvalue weighted by Crippen LogP contribution is -2.59. The van der Waals surface area contributed by atoms with Crippen LogP contribution in [0.1, 0.15) is 72.6 Å². The predicted molar refractivity (Wildman–Crippen MR) is 143 cm³/mol. The highest BCUT2D eigenvalue weighted by molar-refractivity contribution is 5.94. The number of carboxylic acids is 1. The maximum atomic E-state index is 13.3. The highest BCUT2D eigenvalue weighted by Crippen LogP contribution is 2.12. The monoisotopic (exact) mass is 528 g/mol. The summed E-state index contributed by atoms with van der Waals surface area (Å²) in [6.45, 7) is 7.94. The van der Waals surface area contributed by atoms with Crippen molar-refractivity contribution in [2.45, 2.75) is 96.8 Å². The summed E-state index contributed by atoms with van der Waals surface area (Å²) in [7, 11) is 0. The SMILES string of the molecule is CCC(C)C(NC(=O)C(CCCN=C(N)N)NC(=O)C(NC(=O)C(N)CCCCN)C(C)CC)C(=O)O. The molecule has 214 valence electrons. The standard InChI is InChI=1S/C24H48N8O5/c1-5-14(3)18(31-20(33)16(26)10-7-8-12-25)22(35)30-17(11-9-13-29-24(27)28)21(34)32-19(23(36)37)15(4)6-2/h14-19H,5-13,25-26H2,1-4H3,(H,30,35)(H,31,33)(H,32,34)(H,36,37)(H4,27,28,29). The number of rotatable bonds is 19. The molecule has 0 aliphatic rings. The maximum Gasteiger partial charge on any atom is 0.326 e. The molecule has 13 nitrogen and oxygen atoms in total. The van der Waals surface area contributed by atoms with Crippen LogP contribution in [-0.4, -0.2) is 72.0 Å². The van der Waals surface area contributed by atoms with Crippen molar-refractivity contribution < 1.29 is 24.3 Å². The van der Waals surface area contributed by atoms with E-state index >= 15 is 0 Å². The fourth-order valence-corrected chi connectivity index (χ4v) is 3.57. The summed E-state index contributed by atoms with van der Waals surface area (Å²) in [5.41, 5.74) is 22.2. The first-order valence-electron chi connectivity index (χ1n) is 13.0. The van der Waals surface area contributed by atoms with Gasteiger partial charge in [-0.05, 0) is 44.1 Å². The average molecular weight is 529 g/mol. The van der Waals surface area contributed by atoms with Gasteiger partial charge in [0.25, 0.3) is 0 Å². The summed E-state index contributed by atoms with van der Waals surface area (Å²) in [5.74, 6) is -3.51. The van der Waals surface area contributed by atoms with Crippen LogP contribution in [0.3, 0.4) is 0 Å². The molecular weight excluding hydrogens is 480 g/mol. The number of aliphatic imine (C=N–C) groups is 1. The third-order valence-electron chi connectivity index (χ3n) is 6.45. The molecule has 0 aromatic heterocycles. The molecule has 0 spiro atoms. The number of amides is 3. The van der Waals surface area contributed by atoms with Crippen LogP contribution < -0.4 is 38.9 Å². The van der Waals surface area contributed by atoms with Gasteiger partial charge in [0.1, 0.15) is 18.1 Å². The topological polar surface area (TPSA) is 241 Å². The van der Waals surface area contributed by atoms with Crippen molar-refractivity contribution in [1.82, 2.24) is 16.0 Å². The molecular formula is C24H48N8O5. The summed E-state index contributed by atoms with van der Waals surface area (Å²) in [6.07, 6.45) is 3.47. The summed E-state index contributed by atoms with van der Waals surface area (Å²) >= 11 is 0. The molecule has 0 fully saturated rings. The molecule has 37 heavy (non-hydrogen) atoms. The van der Waals surface area contributed by atoms with Crippen LogP contribution >= 0.6 is 0 Å². The summed E-state index contributed by atoms with van der Waals surface area (Å²) < 4.78 is 0. The van der Waals surface area contributed by atoms with E-state index in [9.17, 15) is 24.3 Å². The van der Waals surface area contributed by atoms with E-state index in [0.29, 0.717) is 38.6 Å². The minimum Gasteiger partial charge on any atom is -0.480 e. The molecule has 0 heterocycles. The third-order valence-corrected chi connectivity index (χ3v) is 6.45. The van der Waals surface area contributed by atoms with Crippen LogP contribution in [0.2, 0.25) is 0 Å². The molecule has 0 saturated heterocycles. The van der Waals surface area contributed by atoms with Crippen LogP contribution in [0.15, 0.2) is 4.99 Å². The number of unbranched alkanes of at least 4 members (excludes halogenated alkanes) is 1. The zero-order valence-electron chi connectivity index (χ0n) is 22.7. The largest absolute Gasteiger partial charge is 0.480 e. The number of hydrogen-bond donors (Lipinski definition) is 8. The Labute approximate surface area is 219 Å². The molecule has 12 N–H and O–H groups in total. The van der Waals surface area contributed by atoms with Crippen molar-refractivity contribution in [1.29, 1.82) is 0 Å². The van der Waals surface area contributed by atoms with Crippen molar-refractivity contribution in [2.24, 2.45) is 39.8 Å². The molecule has 0 aromatic carbocycles. The van der Waals surface area contributed by atoms with Crippen LogP contribution in [-0.2, 0) is 19.2 Å². The second kappa shape index (κ2) is 18.3. The van der Waals surface area contributed by atoms with Crippen LogP contribution in [0.4, 0.5) is 0 Å². The normalized spacial score (nSPS) is 15.8. The Morgan fingerprint density at radius 1 is 0.811 bits per heavy atom.